The van der Waals surface area contributed by atoms with Crippen molar-refractivity contribution in [2.75, 3.05) is 6.54 Å². The van der Waals surface area contributed by atoms with E-state index in [9.17, 15) is 4.79 Å². The topological polar surface area (TPSA) is 60.0 Å². The van der Waals surface area contributed by atoms with Crippen LogP contribution >= 0.6 is 0 Å². The van der Waals surface area contributed by atoms with Gasteiger partial charge in [0.25, 0.3) is 0 Å². The van der Waals surface area contributed by atoms with Crippen molar-refractivity contribution in [2.45, 2.75) is 31.8 Å². The molecular weight excluding hydrogens is 238 g/mol. The van der Waals surface area contributed by atoms with E-state index in [4.69, 9.17) is 5.73 Å². The first kappa shape index (κ1) is 12.2. The Hall–Kier alpha value is -1.81. The smallest absolute Gasteiger partial charge is 0.240 e. The van der Waals surface area contributed by atoms with Gasteiger partial charge in [0, 0.05) is 23.1 Å². The highest BCUT2D eigenvalue weighted by atomic mass is 16.2. The lowest BCUT2D eigenvalue weighted by molar-refractivity contribution is -0.121. The van der Waals surface area contributed by atoms with Gasteiger partial charge in [0.05, 0.1) is 0 Å². The van der Waals surface area contributed by atoms with Crippen LogP contribution in [-0.2, 0) is 17.8 Å². The molecule has 0 unspecified atom stereocenters. The summed E-state index contributed by atoms with van der Waals surface area (Å²) in [5, 5.41) is 4.22. The van der Waals surface area contributed by atoms with Crippen LogP contribution < -0.4 is 11.1 Å². The highest BCUT2D eigenvalue weighted by molar-refractivity contribution is 5.86. The molecule has 1 aromatic carbocycles. The van der Waals surface area contributed by atoms with Gasteiger partial charge in [-0.2, -0.15) is 0 Å². The zero-order valence-electron chi connectivity index (χ0n) is 10.9. The Bertz CT molecular complexity index is 598. The number of fused-ring (bicyclic) bond motifs is 1. The summed E-state index contributed by atoms with van der Waals surface area (Å²) in [6.07, 6.45) is 5.15. The molecule has 1 amide bonds. The molecule has 1 fully saturated rings. The number of para-hydroxylation sites is 1. The minimum Gasteiger partial charge on any atom is -0.352 e. The predicted octanol–water partition coefficient (Wildman–Crippen LogP) is 1.42. The lowest BCUT2D eigenvalue weighted by atomic mass is 10.1. The van der Waals surface area contributed by atoms with Crippen LogP contribution in [0.15, 0.2) is 30.5 Å². The standard InChI is InChI=1S/C15H19N3O/c16-8-7-11-9-18(10-15(19)17-12-5-6-12)14-4-2-1-3-13(11)14/h1-4,9,12H,5-8,10,16H2,(H,17,19). The number of nitrogens with zero attached hydrogens (tertiary/aromatic N) is 1. The van der Waals surface area contributed by atoms with Crippen LogP contribution in [0, 0.1) is 0 Å². The molecule has 3 rings (SSSR count). The summed E-state index contributed by atoms with van der Waals surface area (Å²) in [7, 11) is 0. The second-order valence-electron chi connectivity index (χ2n) is 5.18. The van der Waals surface area contributed by atoms with Crippen LogP contribution in [0.5, 0.6) is 0 Å². The number of hydrogen-bond donors (Lipinski definition) is 2. The normalized spacial score (nSPS) is 14.8. The molecule has 1 aliphatic carbocycles. The fourth-order valence-corrected chi connectivity index (χ4v) is 2.46. The van der Waals surface area contributed by atoms with Crippen molar-refractivity contribution >= 4 is 16.8 Å². The quantitative estimate of drug-likeness (QED) is 0.851. The third-order valence-electron chi connectivity index (χ3n) is 3.54. The number of carbonyl (C=O) groups is 1. The number of nitrogens with one attached hydrogen (secondary N) is 1. The molecule has 2 aromatic rings. The maximum atomic E-state index is 11.9. The van der Waals surface area contributed by atoms with Crippen molar-refractivity contribution in [1.29, 1.82) is 0 Å². The van der Waals surface area contributed by atoms with Crippen molar-refractivity contribution in [3.8, 4) is 0 Å². The second-order valence-corrected chi connectivity index (χ2v) is 5.18. The van der Waals surface area contributed by atoms with Gasteiger partial charge in [-0.1, -0.05) is 18.2 Å². The van der Waals surface area contributed by atoms with Gasteiger partial charge >= 0.3 is 0 Å². The molecule has 0 atom stereocenters. The summed E-state index contributed by atoms with van der Waals surface area (Å²) in [5.41, 5.74) is 7.98. The zero-order chi connectivity index (χ0) is 13.2. The largest absolute Gasteiger partial charge is 0.352 e. The molecule has 100 valence electrons. The molecule has 0 radical (unpaired) electrons. The second kappa shape index (κ2) is 5.05. The molecule has 0 bridgehead atoms. The molecule has 1 heterocycles. The third-order valence-corrected chi connectivity index (χ3v) is 3.54. The summed E-state index contributed by atoms with van der Waals surface area (Å²) >= 11 is 0. The molecule has 1 aliphatic rings. The number of nitrogens with two attached hydrogens (primary N) is 1. The van der Waals surface area contributed by atoms with E-state index in [1.807, 2.05) is 16.7 Å². The van der Waals surface area contributed by atoms with Crippen LogP contribution in [0.4, 0.5) is 0 Å². The fourth-order valence-electron chi connectivity index (χ4n) is 2.46. The first-order valence-corrected chi connectivity index (χ1v) is 6.84. The molecule has 4 heteroatoms. The predicted molar refractivity (Wildman–Crippen MR) is 75.9 cm³/mol. The van der Waals surface area contributed by atoms with E-state index < -0.39 is 0 Å². The van der Waals surface area contributed by atoms with Crippen LogP contribution in [-0.4, -0.2) is 23.1 Å². The molecular formula is C15H19N3O. The SMILES string of the molecule is NCCc1cn(CC(=O)NC2CC2)c2ccccc12. The molecule has 3 N–H and O–H groups in total. The van der Waals surface area contributed by atoms with Crippen molar-refractivity contribution in [1.82, 2.24) is 9.88 Å². The molecule has 0 aliphatic heterocycles. The summed E-state index contributed by atoms with van der Waals surface area (Å²) in [5.74, 6) is 0.0996. The first-order valence-electron chi connectivity index (χ1n) is 6.84. The van der Waals surface area contributed by atoms with Crippen LogP contribution in [0.3, 0.4) is 0 Å². The van der Waals surface area contributed by atoms with E-state index >= 15 is 0 Å². The van der Waals surface area contributed by atoms with Crippen LogP contribution in [0.25, 0.3) is 10.9 Å². The highest BCUT2D eigenvalue weighted by Crippen LogP contribution is 2.22. The van der Waals surface area contributed by atoms with Gasteiger partial charge < -0.3 is 15.6 Å². The monoisotopic (exact) mass is 257 g/mol. The van der Waals surface area contributed by atoms with Crippen LogP contribution in [0.2, 0.25) is 0 Å². The van der Waals surface area contributed by atoms with Crippen LogP contribution in [0.1, 0.15) is 18.4 Å². The van der Waals surface area contributed by atoms with E-state index in [0.29, 0.717) is 19.1 Å². The Kier molecular flexibility index (Phi) is 3.25. The van der Waals surface area contributed by atoms with Crippen molar-refractivity contribution < 1.29 is 4.79 Å². The molecule has 19 heavy (non-hydrogen) atoms. The maximum absolute atomic E-state index is 11.9. The summed E-state index contributed by atoms with van der Waals surface area (Å²) in [4.78, 5) is 11.9. The first-order chi connectivity index (χ1) is 9.28. The van der Waals surface area contributed by atoms with Gasteiger partial charge in [-0.3, -0.25) is 4.79 Å². The van der Waals surface area contributed by atoms with E-state index in [-0.39, 0.29) is 5.91 Å². The number of amides is 1. The average molecular weight is 257 g/mol. The molecule has 0 saturated heterocycles. The lowest BCUT2D eigenvalue weighted by Crippen LogP contribution is -2.29. The summed E-state index contributed by atoms with van der Waals surface area (Å²) < 4.78 is 2.03. The van der Waals surface area contributed by atoms with Gasteiger partial charge in [0.2, 0.25) is 5.91 Å². The third kappa shape index (κ3) is 2.63. The van der Waals surface area contributed by atoms with E-state index in [2.05, 4.69) is 23.6 Å². The van der Waals surface area contributed by atoms with Gasteiger partial charge in [-0.15, -0.1) is 0 Å². The highest BCUT2D eigenvalue weighted by Gasteiger charge is 2.23. The number of aromatic nitrogens is 1. The molecule has 1 saturated carbocycles. The average Bonchev–Trinajstić information content (AvgIpc) is 3.15. The van der Waals surface area contributed by atoms with Crippen molar-refractivity contribution in [3.63, 3.8) is 0 Å². The van der Waals surface area contributed by atoms with Crippen molar-refractivity contribution in [2.24, 2.45) is 5.73 Å². The minimum atomic E-state index is 0.0996. The number of hydrogen-bond acceptors (Lipinski definition) is 2. The maximum Gasteiger partial charge on any atom is 0.240 e. The number of rotatable bonds is 5. The molecule has 4 nitrogen and oxygen atoms in total. The Morgan fingerprint density at radius 2 is 2.16 bits per heavy atom. The summed E-state index contributed by atoms with van der Waals surface area (Å²) in [6.45, 7) is 1.02. The van der Waals surface area contributed by atoms with E-state index in [1.54, 1.807) is 0 Å². The minimum absolute atomic E-state index is 0.0996. The van der Waals surface area contributed by atoms with E-state index in [1.165, 1.54) is 10.9 Å². The van der Waals surface area contributed by atoms with Gasteiger partial charge in [-0.05, 0) is 37.4 Å². The zero-order valence-corrected chi connectivity index (χ0v) is 10.9. The van der Waals surface area contributed by atoms with Crippen molar-refractivity contribution in [3.05, 3.63) is 36.0 Å². The van der Waals surface area contributed by atoms with E-state index in [0.717, 1.165) is 24.8 Å². The van der Waals surface area contributed by atoms with Gasteiger partial charge in [0.15, 0.2) is 0 Å². The number of carbonyl (C=O) groups excluding carboxylic acids is 1. The summed E-state index contributed by atoms with van der Waals surface area (Å²) in [6, 6.07) is 8.59. The Balaban J connectivity index is 1.86. The van der Waals surface area contributed by atoms with Gasteiger partial charge in [-0.25, -0.2) is 0 Å². The molecule has 1 aromatic heterocycles. The molecule has 0 spiro atoms. The Labute approximate surface area is 112 Å². The van der Waals surface area contributed by atoms with Gasteiger partial charge in [0.1, 0.15) is 6.54 Å². The Morgan fingerprint density at radius 1 is 1.37 bits per heavy atom. The Morgan fingerprint density at radius 3 is 2.89 bits per heavy atom. The number of benzene rings is 1. The lowest BCUT2D eigenvalue weighted by Gasteiger charge is -2.05. The fraction of sp³-hybridized carbons (Fsp3) is 0.400.